The molecule has 2 heterocycles. The molecule has 1 aliphatic carbocycles. The number of hydrogen-bond acceptors (Lipinski definition) is 2. The summed E-state index contributed by atoms with van der Waals surface area (Å²) in [6.07, 6.45) is 10.2. The molecule has 3 nitrogen and oxygen atoms in total. The lowest BCUT2D eigenvalue weighted by Crippen LogP contribution is -2.39. The quantitative estimate of drug-likeness (QED) is 0.886. The molecule has 1 atom stereocenters. The van der Waals surface area contributed by atoms with E-state index in [9.17, 15) is 0 Å². The number of fused-ring (bicyclic) bond motifs is 1. The van der Waals surface area contributed by atoms with E-state index in [1.54, 1.807) is 0 Å². The number of H-pyrrole nitrogens is 1. The molecule has 4 heteroatoms. The summed E-state index contributed by atoms with van der Waals surface area (Å²) in [6, 6.07) is 6.70. The third-order valence-electron chi connectivity index (χ3n) is 5.61. The number of halogens is 1. The second-order valence-electron chi connectivity index (χ2n) is 7.03. The Balaban J connectivity index is 1.43. The van der Waals surface area contributed by atoms with Gasteiger partial charge in [0.1, 0.15) is 0 Å². The molecule has 4 rings (SSSR count). The lowest BCUT2D eigenvalue weighted by Gasteiger charge is -2.32. The van der Waals surface area contributed by atoms with Gasteiger partial charge < -0.3 is 9.72 Å². The van der Waals surface area contributed by atoms with Crippen molar-refractivity contribution in [2.45, 2.75) is 44.6 Å². The van der Waals surface area contributed by atoms with Crippen LogP contribution >= 0.6 is 11.6 Å². The number of aromatic nitrogens is 1. The highest BCUT2D eigenvalue weighted by molar-refractivity contribution is 6.31. The highest BCUT2D eigenvalue weighted by Gasteiger charge is 2.32. The molecular weight excluding hydrogens is 308 g/mol. The van der Waals surface area contributed by atoms with Gasteiger partial charge in [-0.3, -0.25) is 4.90 Å². The summed E-state index contributed by atoms with van der Waals surface area (Å²) >= 11 is 6.16. The van der Waals surface area contributed by atoms with Gasteiger partial charge in [0.15, 0.2) is 0 Å². The van der Waals surface area contributed by atoms with Gasteiger partial charge in [0.05, 0.1) is 13.3 Å². The predicted molar refractivity (Wildman–Crippen MR) is 94.9 cm³/mol. The number of ether oxygens (including phenoxy) is 1. The van der Waals surface area contributed by atoms with E-state index in [0.717, 1.165) is 37.2 Å². The van der Waals surface area contributed by atoms with Crippen LogP contribution < -0.4 is 0 Å². The van der Waals surface area contributed by atoms with Crippen molar-refractivity contribution in [1.29, 1.82) is 0 Å². The van der Waals surface area contributed by atoms with Crippen molar-refractivity contribution in [3.63, 3.8) is 0 Å². The zero-order chi connectivity index (χ0) is 15.6. The van der Waals surface area contributed by atoms with Gasteiger partial charge in [0, 0.05) is 34.7 Å². The van der Waals surface area contributed by atoms with E-state index in [-0.39, 0.29) is 0 Å². The summed E-state index contributed by atoms with van der Waals surface area (Å²) in [5.41, 5.74) is 2.53. The second kappa shape index (κ2) is 6.84. The van der Waals surface area contributed by atoms with Gasteiger partial charge in [-0.05, 0) is 48.9 Å². The average Bonchev–Trinajstić information content (AvgIpc) is 3.20. The smallest absolute Gasteiger partial charge is 0.0994 e. The molecule has 0 spiro atoms. The average molecular weight is 333 g/mol. The van der Waals surface area contributed by atoms with E-state index in [0.29, 0.717) is 6.04 Å². The molecule has 2 aliphatic rings. The maximum atomic E-state index is 6.16. The van der Waals surface area contributed by atoms with Gasteiger partial charge in [-0.1, -0.05) is 30.9 Å². The molecule has 1 aromatic carbocycles. The fourth-order valence-corrected chi connectivity index (χ4v) is 4.47. The Labute approximate surface area is 143 Å². The highest BCUT2D eigenvalue weighted by atomic mass is 35.5. The first-order valence-corrected chi connectivity index (χ1v) is 9.26. The number of hydrogen-bond donors (Lipinski definition) is 1. The van der Waals surface area contributed by atoms with Crippen molar-refractivity contribution >= 4 is 22.5 Å². The van der Waals surface area contributed by atoms with E-state index >= 15 is 0 Å². The van der Waals surface area contributed by atoms with Crippen molar-refractivity contribution in [2.24, 2.45) is 5.92 Å². The second-order valence-corrected chi connectivity index (χ2v) is 7.47. The minimum Gasteiger partial charge on any atom is -0.364 e. The van der Waals surface area contributed by atoms with Gasteiger partial charge in [-0.15, -0.1) is 0 Å². The molecule has 0 amide bonds. The van der Waals surface area contributed by atoms with Crippen molar-refractivity contribution in [3.05, 3.63) is 35.0 Å². The Bertz CT molecular complexity index is 662. The molecule has 0 bridgehead atoms. The number of aromatic amines is 1. The fraction of sp³-hybridized carbons (Fsp3) is 0.579. The normalized spacial score (nSPS) is 23.8. The molecule has 0 radical (unpaired) electrons. The van der Waals surface area contributed by atoms with Crippen molar-refractivity contribution in [3.8, 4) is 0 Å². The summed E-state index contributed by atoms with van der Waals surface area (Å²) < 4.78 is 5.80. The molecule has 1 N–H and O–H groups in total. The van der Waals surface area contributed by atoms with E-state index < -0.39 is 0 Å². The van der Waals surface area contributed by atoms with Crippen LogP contribution in [0.15, 0.2) is 24.4 Å². The van der Waals surface area contributed by atoms with Gasteiger partial charge >= 0.3 is 0 Å². The van der Waals surface area contributed by atoms with Crippen LogP contribution in [-0.2, 0) is 11.2 Å². The lowest BCUT2D eigenvalue weighted by molar-refractivity contribution is 0.131. The Morgan fingerprint density at radius 3 is 2.96 bits per heavy atom. The summed E-state index contributed by atoms with van der Waals surface area (Å²) in [5, 5.41) is 2.06. The molecule has 0 unspecified atom stereocenters. The van der Waals surface area contributed by atoms with Crippen molar-refractivity contribution in [1.82, 2.24) is 9.88 Å². The lowest BCUT2D eigenvalue weighted by atomic mass is 9.84. The van der Waals surface area contributed by atoms with Crippen LogP contribution in [0.3, 0.4) is 0 Å². The predicted octanol–water partition coefficient (Wildman–Crippen LogP) is 4.60. The maximum absolute atomic E-state index is 6.16. The Hall–Kier alpha value is -1.03. The Morgan fingerprint density at radius 2 is 2.09 bits per heavy atom. The minimum atomic E-state index is 0.629. The summed E-state index contributed by atoms with van der Waals surface area (Å²) in [4.78, 5) is 5.91. The summed E-state index contributed by atoms with van der Waals surface area (Å²) in [7, 11) is 0. The Morgan fingerprint density at radius 1 is 1.22 bits per heavy atom. The zero-order valence-electron chi connectivity index (χ0n) is 13.6. The molecule has 23 heavy (non-hydrogen) atoms. The van der Waals surface area contributed by atoms with E-state index in [4.69, 9.17) is 16.3 Å². The number of rotatable bonds is 4. The number of nitrogens with zero attached hydrogens (tertiary/aromatic N) is 1. The molecule has 2 aromatic rings. The topological polar surface area (TPSA) is 28.3 Å². The van der Waals surface area contributed by atoms with Crippen molar-refractivity contribution in [2.75, 3.05) is 19.9 Å². The SMILES string of the molecule is Clc1ccc2[nH]cc(CCN3COC[C@@H]3C3CCCCC3)c2c1. The van der Waals surface area contributed by atoms with Crippen LogP contribution in [0, 0.1) is 5.92 Å². The van der Waals surface area contributed by atoms with Crippen molar-refractivity contribution < 1.29 is 4.74 Å². The van der Waals surface area contributed by atoms with Crippen LogP contribution in [-0.4, -0.2) is 35.8 Å². The van der Waals surface area contributed by atoms with E-state index in [1.807, 2.05) is 6.07 Å². The number of nitrogens with one attached hydrogen (secondary N) is 1. The number of benzene rings is 1. The maximum Gasteiger partial charge on any atom is 0.0994 e. The van der Waals surface area contributed by atoms with Gasteiger partial charge in [0.2, 0.25) is 0 Å². The Kier molecular flexibility index (Phi) is 4.61. The molecule has 1 saturated heterocycles. The molecule has 1 aromatic heterocycles. The first-order chi connectivity index (χ1) is 11.3. The monoisotopic (exact) mass is 332 g/mol. The minimum absolute atomic E-state index is 0.629. The fourth-order valence-electron chi connectivity index (χ4n) is 4.30. The highest BCUT2D eigenvalue weighted by Crippen LogP contribution is 2.31. The first-order valence-electron chi connectivity index (χ1n) is 8.88. The van der Waals surface area contributed by atoms with Gasteiger partial charge in [0.25, 0.3) is 0 Å². The third kappa shape index (κ3) is 3.28. The molecule has 124 valence electrons. The largest absolute Gasteiger partial charge is 0.364 e. The van der Waals surface area contributed by atoms with Crippen LogP contribution in [0.1, 0.15) is 37.7 Å². The molecular formula is C19H25ClN2O. The van der Waals surface area contributed by atoms with Crippen LogP contribution in [0.2, 0.25) is 5.02 Å². The van der Waals surface area contributed by atoms with Crippen LogP contribution in [0.25, 0.3) is 10.9 Å². The third-order valence-corrected chi connectivity index (χ3v) is 5.84. The zero-order valence-corrected chi connectivity index (χ0v) is 14.3. The summed E-state index contributed by atoms with van der Waals surface area (Å²) in [5.74, 6) is 0.837. The molecule has 1 saturated carbocycles. The van der Waals surface area contributed by atoms with E-state index in [1.165, 1.54) is 48.6 Å². The van der Waals surface area contributed by atoms with Gasteiger partial charge in [-0.25, -0.2) is 0 Å². The molecule has 2 fully saturated rings. The van der Waals surface area contributed by atoms with E-state index in [2.05, 4.69) is 28.2 Å². The first kappa shape index (κ1) is 15.5. The summed E-state index contributed by atoms with van der Waals surface area (Å²) in [6.45, 7) is 2.79. The van der Waals surface area contributed by atoms with Crippen LogP contribution in [0.4, 0.5) is 0 Å². The van der Waals surface area contributed by atoms with Crippen LogP contribution in [0.5, 0.6) is 0 Å². The molecule has 1 aliphatic heterocycles. The standard InChI is InChI=1S/C19H25ClN2O/c20-16-6-7-18-17(10-16)15(11-21-18)8-9-22-13-23-12-19(22)14-4-2-1-3-5-14/h6-7,10-11,14,19,21H,1-5,8-9,12-13H2/t19-/m1/s1. The van der Waals surface area contributed by atoms with Gasteiger partial charge in [-0.2, -0.15) is 0 Å².